The summed E-state index contributed by atoms with van der Waals surface area (Å²) in [5.41, 5.74) is 3.66. The third-order valence-corrected chi connectivity index (χ3v) is 4.99. The van der Waals surface area contributed by atoms with Gasteiger partial charge in [-0.15, -0.1) is 0 Å². The Hall–Kier alpha value is -2.67. The van der Waals surface area contributed by atoms with Crippen LogP contribution in [0.25, 0.3) is 5.69 Å². The number of aryl methyl sites for hydroxylation is 2. The lowest BCUT2D eigenvalue weighted by Crippen LogP contribution is -2.26. The van der Waals surface area contributed by atoms with E-state index in [1.54, 1.807) is 0 Å². The predicted molar refractivity (Wildman–Crippen MR) is 111 cm³/mol. The van der Waals surface area contributed by atoms with Gasteiger partial charge in [0, 0.05) is 35.2 Å². The first kappa shape index (κ1) is 21.0. The highest BCUT2D eigenvalue weighted by molar-refractivity contribution is 6.30. The van der Waals surface area contributed by atoms with E-state index in [1.807, 2.05) is 56.6 Å². The highest BCUT2D eigenvalue weighted by Gasteiger charge is 2.16. The number of halogens is 1. The van der Waals surface area contributed by atoms with Crippen molar-refractivity contribution in [1.29, 1.82) is 0 Å². The minimum atomic E-state index is -0.0275. The fourth-order valence-electron chi connectivity index (χ4n) is 3.06. The van der Waals surface area contributed by atoms with Crippen molar-refractivity contribution in [3.05, 3.63) is 58.0 Å². The molecule has 29 heavy (non-hydrogen) atoms. The maximum absolute atomic E-state index is 12.4. The molecule has 0 saturated heterocycles. The Labute approximate surface area is 175 Å². The van der Waals surface area contributed by atoms with Gasteiger partial charge in [-0.2, -0.15) is 10.1 Å². The van der Waals surface area contributed by atoms with Gasteiger partial charge in [-0.1, -0.05) is 30.6 Å². The fourth-order valence-corrected chi connectivity index (χ4v) is 3.19. The highest BCUT2D eigenvalue weighted by atomic mass is 35.5. The molecule has 2 heterocycles. The summed E-state index contributed by atoms with van der Waals surface area (Å²) in [5.74, 6) is 1.54. The first-order valence-electron chi connectivity index (χ1n) is 9.75. The van der Waals surface area contributed by atoms with Crippen molar-refractivity contribution in [3.63, 3.8) is 0 Å². The maximum atomic E-state index is 12.4. The molecule has 2 aromatic heterocycles. The number of rotatable bonds is 8. The number of carbonyl (C=O) groups excluding carboxylic acids is 1. The molecule has 0 aliphatic rings. The van der Waals surface area contributed by atoms with Crippen LogP contribution in [0, 0.1) is 13.8 Å². The third-order valence-electron chi connectivity index (χ3n) is 4.74. The number of hydrogen-bond donors (Lipinski definition) is 1. The lowest BCUT2D eigenvalue weighted by molar-refractivity contribution is -0.120. The molecule has 3 aromatic rings. The molecule has 0 unspecified atom stereocenters. The lowest BCUT2D eigenvalue weighted by Gasteiger charge is -2.07. The van der Waals surface area contributed by atoms with Crippen molar-refractivity contribution in [1.82, 2.24) is 25.2 Å². The summed E-state index contributed by atoms with van der Waals surface area (Å²) in [5, 5.41) is 12.2. The smallest absolute Gasteiger partial charge is 0.226 e. The van der Waals surface area contributed by atoms with Crippen LogP contribution < -0.4 is 5.32 Å². The first-order chi connectivity index (χ1) is 13.8. The minimum Gasteiger partial charge on any atom is -0.356 e. The third kappa shape index (κ3) is 5.23. The molecule has 0 saturated carbocycles. The van der Waals surface area contributed by atoms with Gasteiger partial charge in [-0.25, -0.2) is 4.68 Å². The van der Waals surface area contributed by atoms with Crippen LogP contribution in [-0.4, -0.2) is 32.4 Å². The number of nitrogens with one attached hydrogen (secondary N) is 1. The summed E-state index contributed by atoms with van der Waals surface area (Å²) in [6.07, 6.45) is 1.68. The minimum absolute atomic E-state index is 0.0275. The summed E-state index contributed by atoms with van der Waals surface area (Å²) >= 11 is 5.96. The van der Waals surface area contributed by atoms with Crippen molar-refractivity contribution in [2.75, 3.05) is 6.54 Å². The zero-order valence-electron chi connectivity index (χ0n) is 17.2. The van der Waals surface area contributed by atoms with Gasteiger partial charge < -0.3 is 9.84 Å². The van der Waals surface area contributed by atoms with Gasteiger partial charge in [-0.05, 0) is 44.5 Å². The molecule has 0 spiro atoms. The van der Waals surface area contributed by atoms with Gasteiger partial charge in [-0.3, -0.25) is 4.79 Å². The predicted octanol–water partition coefficient (Wildman–Crippen LogP) is 3.94. The molecule has 0 bridgehead atoms. The Balaban J connectivity index is 1.53. The van der Waals surface area contributed by atoms with Crippen molar-refractivity contribution in [2.45, 2.75) is 52.9 Å². The van der Waals surface area contributed by atoms with Gasteiger partial charge in [0.05, 0.1) is 17.8 Å². The quantitative estimate of drug-likeness (QED) is 0.563. The largest absolute Gasteiger partial charge is 0.356 e. The Morgan fingerprint density at radius 2 is 1.97 bits per heavy atom. The van der Waals surface area contributed by atoms with E-state index >= 15 is 0 Å². The Morgan fingerprint density at radius 3 is 2.62 bits per heavy atom. The molecule has 0 fully saturated rings. The molecule has 0 aliphatic heterocycles. The van der Waals surface area contributed by atoms with Crippen LogP contribution in [0.1, 0.15) is 54.9 Å². The molecule has 0 radical (unpaired) electrons. The lowest BCUT2D eigenvalue weighted by atomic mass is 10.1. The Kier molecular flexibility index (Phi) is 6.69. The fraction of sp³-hybridized carbons (Fsp3) is 0.429. The topological polar surface area (TPSA) is 85.8 Å². The Morgan fingerprint density at radius 1 is 1.24 bits per heavy atom. The van der Waals surface area contributed by atoms with Crippen molar-refractivity contribution in [3.8, 4) is 5.69 Å². The van der Waals surface area contributed by atoms with Gasteiger partial charge in [0.2, 0.25) is 11.8 Å². The van der Waals surface area contributed by atoms with E-state index in [1.165, 1.54) is 0 Å². The van der Waals surface area contributed by atoms with E-state index in [0.29, 0.717) is 36.1 Å². The molecule has 1 aromatic carbocycles. The van der Waals surface area contributed by atoms with E-state index in [9.17, 15) is 4.79 Å². The summed E-state index contributed by atoms with van der Waals surface area (Å²) < 4.78 is 7.06. The Bertz CT molecular complexity index is 976. The summed E-state index contributed by atoms with van der Waals surface area (Å²) in [4.78, 5) is 16.7. The van der Waals surface area contributed by atoms with E-state index in [4.69, 9.17) is 16.1 Å². The molecule has 0 atom stereocenters. The van der Waals surface area contributed by atoms with E-state index in [-0.39, 0.29) is 11.8 Å². The second-order valence-electron chi connectivity index (χ2n) is 7.37. The van der Waals surface area contributed by atoms with E-state index < -0.39 is 0 Å². The molecular weight excluding hydrogens is 390 g/mol. The maximum Gasteiger partial charge on any atom is 0.226 e. The van der Waals surface area contributed by atoms with Crippen LogP contribution in [0.2, 0.25) is 5.02 Å². The summed E-state index contributed by atoms with van der Waals surface area (Å²) in [7, 11) is 0. The average molecular weight is 416 g/mol. The standard InChI is InChI=1S/C21H26ClN5O2/c1-13(2)21-24-20(29-26-21)6-5-11-23-19(28)12-18-14(3)25-27(15(18)4)17-9-7-16(22)8-10-17/h7-10,13H,5-6,11-12H2,1-4H3,(H,23,28). The number of aromatic nitrogens is 4. The second kappa shape index (κ2) is 9.22. The molecule has 0 aliphatic carbocycles. The number of benzene rings is 1. The molecule has 1 N–H and O–H groups in total. The van der Waals surface area contributed by atoms with Crippen LogP contribution in [-0.2, 0) is 17.6 Å². The monoisotopic (exact) mass is 415 g/mol. The normalized spacial score (nSPS) is 11.2. The van der Waals surface area contributed by atoms with Gasteiger partial charge in [0.1, 0.15) is 0 Å². The van der Waals surface area contributed by atoms with Gasteiger partial charge in [0.25, 0.3) is 0 Å². The van der Waals surface area contributed by atoms with Crippen molar-refractivity contribution in [2.24, 2.45) is 0 Å². The average Bonchev–Trinajstić information content (AvgIpc) is 3.26. The molecule has 1 amide bonds. The SMILES string of the molecule is Cc1nn(-c2ccc(Cl)cc2)c(C)c1CC(=O)NCCCc1nc(C(C)C)no1. The van der Waals surface area contributed by atoms with Crippen molar-refractivity contribution >= 4 is 17.5 Å². The number of amides is 1. The van der Waals surface area contributed by atoms with Crippen LogP contribution in [0.3, 0.4) is 0 Å². The zero-order valence-corrected chi connectivity index (χ0v) is 18.0. The number of hydrogen-bond acceptors (Lipinski definition) is 5. The molecule has 3 rings (SSSR count). The van der Waals surface area contributed by atoms with E-state index in [0.717, 1.165) is 29.1 Å². The van der Waals surface area contributed by atoms with Crippen molar-refractivity contribution < 1.29 is 9.32 Å². The summed E-state index contributed by atoms with van der Waals surface area (Å²) in [6, 6.07) is 7.47. The highest BCUT2D eigenvalue weighted by Crippen LogP contribution is 2.20. The van der Waals surface area contributed by atoms with Crippen LogP contribution in [0.4, 0.5) is 0 Å². The number of nitrogens with zero attached hydrogens (tertiary/aromatic N) is 4. The first-order valence-corrected chi connectivity index (χ1v) is 10.1. The van der Waals surface area contributed by atoms with Gasteiger partial charge >= 0.3 is 0 Å². The summed E-state index contributed by atoms with van der Waals surface area (Å²) in [6.45, 7) is 8.49. The second-order valence-corrected chi connectivity index (χ2v) is 7.81. The van der Waals surface area contributed by atoms with Gasteiger partial charge in [0.15, 0.2) is 5.82 Å². The van der Waals surface area contributed by atoms with Crippen LogP contribution in [0.15, 0.2) is 28.8 Å². The van der Waals surface area contributed by atoms with E-state index in [2.05, 4.69) is 20.6 Å². The van der Waals surface area contributed by atoms with Crippen LogP contribution in [0.5, 0.6) is 0 Å². The molecule has 8 heteroatoms. The zero-order chi connectivity index (χ0) is 21.0. The molecule has 154 valence electrons. The molecule has 7 nitrogen and oxygen atoms in total. The van der Waals surface area contributed by atoms with Crippen LogP contribution >= 0.6 is 11.6 Å². The number of carbonyl (C=O) groups is 1. The molecular formula is C21H26ClN5O2.